The molecule has 9 heteroatoms. The predicted octanol–water partition coefficient (Wildman–Crippen LogP) is 0.281. The molecule has 2 rings (SSSR count). The van der Waals surface area contributed by atoms with Crippen LogP contribution in [0, 0.1) is 11.8 Å². The van der Waals surface area contributed by atoms with Gasteiger partial charge in [0.05, 0.1) is 24.1 Å². The van der Waals surface area contributed by atoms with Crippen molar-refractivity contribution in [2.75, 3.05) is 18.8 Å². The number of hydrogen-bond acceptors (Lipinski definition) is 5. The molecule has 0 aromatic carbocycles. The van der Waals surface area contributed by atoms with E-state index in [9.17, 15) is 13.2 Å². The van der Waals surface area contributed by atoms with Gasteiger partial charge >= 0.3 is 5.97 Å². The number of nitrogens with zero attached hydrogens (tertiary/aromatic N) is 3. The fourth-order valence-electron chi connectivity index (χ4n) is 2.74. The van der Waals surface area contributed by atoms with Crippen LogP contribution in [-0.4, -0.2) is 58.1 Å². The van der Waals surface area contributed by atoms with Gasteiger partial charge in [-0.05, 0) is 11.8 Å². The Hall–Kier alpha value is -1.48. The Morgan fingerprint density at radius 1 is 1.52 bits per heavy atom. The summed E-state index contributed by atoms with van der Waals surface area (Å²) in [6, 6.07) is 0. The minimum atomic E-state index is -3.37. The second kappa shape index (κ2) is 6.10. The van der Waals surface area contributed by atoms with Crippen LogP contribution in [0.5, 0.6) is 0 Å². The van der Waals surface area contributed by atoms with E-state index in [0.717, 1.165) is 0 Å². The Morgan fingerprint density at radius 3 is 2.76 bits per heavy atom. The van der Waals surface area contributed by atoms with Gasteiger partial charge in [0.25, 0.3) is 0 Å². The molecular weight excluding hydrogens is 296 g/mol. The van der Waals surface area contributed by atoms with E-state index in [0.29, 0.717) is 5.69 Å². The lowest BCUT2D eigenvalue weighted by molar-refractivity contribution is -0.138. The predicted molar refractivity (Wildman–Crippen MR) is 75.1 cm³/mol. The van der Waals surface area contributed by atoms with Crippen molar-refractivity contribution in [3.8, 4) is 0 Å². The molecule has 2 heterocycles. The molecule has 1 fully saturated rings. The first-order valence-corrected chi connectivity index (χ1v) is 8.45. The minimum absolute atomic E-state index is 0.0269. The van der Waals surface area contributed by atoms with E-state index in [-0.39, 0.29) is 43.0 Å². The molecule has 2 N–H and O–H groups in total. The number of H-pyrrole nitrogens is 1. The van der Waals surface area contributed by atoms with Crippen LogP contribution in [0.2, 0.25) is 0 Å². The van der Waals surface area contributed by atoms with Gasteiger partial charge in [-0.25, -0.2) is 12.7 Å². The Bertz CT molecular complexity index is 584. The standard InChI is InChI=1S/C12H20N4O4S/c1-8(2)7-21(19,20)16-5-9(3-12(17)18)10(6-16)11-4-13-15-14-11/h4,8-10H,3,5-7H2,1-2H3,(H,17,18)(H,13,14,15)/t9-,10+/m1/s1. The quantitative estimate of drug-likeness (QED) is 0.778. The summed E-state index contributed by atoms with van der Waals surface area (Å²) < 4.78 is 26.0. The molecule has 118 valence electrons. The van der Waals surface area contributed by atoms with E-state index >= 15 is 0 Å². The first-order valence-electron chi connectivity index (χ1n) is 6.85. The van der Waals surface area contributed by atoms with E-state index < -0.39 is 16.0 Å². The van der Waals surface area contributed by atoms with Crippen LogP contribution in [0.4, 0.5) is 0 Å². The summed E-state index contributed by atoms with van der Waals surface area (Å²) in [5.74, 6) is -1.36. The van der Waals surface area contributed by atoms with Crippen LogP contribution in [0.15, 0.2) is 6.20 Å². The van der Waals surface area contributed by atoms with Crippen LogP contribution >= 0.6 is 0 Å². The minimum Gasteiger partial charge on any atom is -0.481 e. The summed E-state index contributed by atoms with van der Waals surface area (Å²) in [5, 5.41) is 19.2. The number of aromatic nitrogens is 3. The van der Waals surface area contributed by atoms with E-state index in [1.54, 1.807) is 0 Å². The molecule has 21 heavy (non-hydrogen) atoms. The Balaban J connectivity index is 2.20. The molecular formula is C12H20N4O4S. The molecule has 1 aliphatic rings. The van der Waals surface area contributed by atoms with Gasteiger partial charge in [0.2, 0.25) is 10.0 Å². The Kier molecular flexibility index (Phi) is 4.62. The van der Waals surface area contributed by atoms with Gasteiger partial charge in [0.1, 0.15) is 0 Å². The zero-order valence-electron chi connectivity index (χ0n) is 12.1. The number of carboxylic acid groups (broad SMARTS) is 1. The first-order chi connectivity index (χ1) is 9.79. The number of rotatable bonds is 6. The molecule has 0 aliphatic carbocycles. The number of aliphatic carboxylic acids is 1. The van der Waals surface area contributed by atoms with E-state index in [2.05, 4.69) is 15.4 Å². The monoisotopic (exact) mass is 316 g/mol. The maximum absolute atomic E-state index is 12.3. The summed E-state index contributed by atoms with van der Waals surface area (Å²) in [4.78, 5) is 11.0. The Labute approximate surface area is 123 Å². The van der Waals surface area contributed by atoms with Gasteiger partial charge in [0.15, 0.2) is 0 Å². The zero-order valence-corrected chi connectivity index (χ0v) is 12.9. The van der Waals surface area contributed by atoms with Crippen LogP contribution in [0.1, 0.15) is 31.9 Å². The summed E-state index contributed by atoms with van der Waals surface area (Å²) >= 11 is 0. The van der Waals surface area contributed by atoms with Crippen molar-refractivity contribution < 1.29 is 18.3 Å². The van der Waals surface area contributed by atoms with Crippen molar-refractivity contribution in [1.82, 2.24) is 19.7 Å². The lowest BCUT2D eigenvalue weighted by Crippen LogP contribution is -2.33. The third kappa shape index (κ3) is 3.79. The maximum Gasteiger partial charge on any atom is 0.303 e. The molecule has 0 bridgehead atoms. The molecule has 1 aliphatic heterocycles. The Morgan fingerprint density at radius 2 is 2.24 bits per heavy atom. The van der Waals surface area contributed by atoms with Gasteiger partial charge in [-0.1, -0.05) is 13.8 Å². The summed E-state index contributed by atoms with van der Waals surface area (Å²) in [6.45, 7) is 4.17. The number of carbonyl (C=O) groups is 1. The van der Waals surface area contributed by atoms with Crippen molar-refractivity contribution in [2.24, 2.45) is 11.8 Å². The molecule has 2 atom stereocenters. The van der Waals surface area contributed by atoms with Gasteiger partial charge < -0.3 is 5.11 Å². The SMILES string of the molecule is CC(C)CS(=O)(=O)N1C[C@@H](CC(=O)O)[C@@H](c2cn[nH]n2)C1. The maximum atomic E-state index is 12.3. The first kappa shape index (κ1) is 15.9. The molecule has 0 spiro atoms. The molecule has 1 aromatic rings. The fraction of sp³-hybridized carbons (Fsp3) is 0.750. The summed E-state index contributed by atoms with van der Waals surface area (Å²) in [7, 11) is -3.37. The molecule has 0 saturated carbocycles. The highest BCUT2D eigenvalue weighted by Gasteiger charge is 2.41. The number of aromatic amines is 1. The normalized spacial score (nSPS) is 23.8. The van der Waals surface area contributed by atoms with Crippen LogP contribution < -0.4 is 0 Å². The lowest BCUT2D eigenvalue weighted by atomic mass is 9.91. The van der Waals surface area contributed by atoms with Crippen LogP contribution in [-0.2, 0) is 14.8 Å². The topological polar surface area (TPSA) is 116 Å². The molecule has 0 radical (unpaired) electrons. The zero-order chi connectivity index (χ0) is 15.6. The van der Waals surface area contributed by atoms with Crippen molar-refractivity contribution in [1.29, 1.82) is 0 Å². The molecule has 0 unspecified atom stereocenters. The summed E-state index contributed by atoms with van der Waals surface area (Å²) in [6.07, 6.45) is 1.45. The number of hydrogen-bond donors (Lipinski definition) is 2. The number of nitrogens with one attached hydrogen (secondary N) is 1. The molecule has 1 saturated heterocycles. The lowest BCUT2D eigenvalue weighted by Gasteiger charge is -2.17. The van der Waals surface area contributed by atoms with Crippen molar-refractivity contribution in [3.63, 3.8) is 0 Å². The highest BCUT2D eigenvalue weighted by molar-refractivity contribution is 7.89. The van der Waals surface area contributed by atoms with E-state index in [1.165, 1.54) is 10.5 Å². The second-order valence-corrected chi connectivity index (χ2v) is 7.86. The van der Waals surface area contributed by atoms with Crippen molar-refractivity contribution >= 4 is 16.0 Å². The third-order valence-electron chi connectivity index (χ3n) is 3.60. The van der Waals surface area contributed by atoms with Gasteiger partial charge in [-0.3, -0.25) is 4.79 Å². The smallest absolute Gasteiger partial charge is 0.303 e. The van der Waals surface area contributed by atoms with Crippen LogP contribution in [0.3, 0.4) is 0 Å². The molecule has 1 aromatic heterocycles. The number of carboxylic acids is 1. The van der Waals surface area contributed by atoms with Crippen LogP contribution in [0.25, 0.3) is 0 Å². The van der Waals surface area contributed by atoms with E-state index in [1.807, 2.05) is 13.8 Å². The third-order valence-corrected chi connectivity index (χ3v) is 5.77. The second-order valence-electron chi connectivity index (χ2n) is 5.85. The van der Waals surface area contributed by atoms with Gasteiger partial charge in [-0.2, -0.15) is 15.4 Å². The number of sulfonamides is 1. The highest BCUT2D eigenvalue weighted by atomic mass is 32.2. The largest absolute Gasteiger partial charge is 0.481 e. The molecule has 8 nitrogen and oxygen atoms in total. The van der Waals surface area contributed by atoms with Gasteiger partial charge in [-0.15, -0.1) is 0 Å². The van der Waals surface area contributed by atoms with Crippen molar-refractivity contribution in [2.45, 2.75) is 26.2 Å². The highest BCUT2D eigenvalue weighted by Crippen LogP contribution is 2.35. The van der Waals surface area contributed by atoms with Gasteiger partial charge in [0, 0.05) is 19.0 Å². The average molecular weight is 316 g/mol. The van der Waals surface area contributed by atoms with Crippen molar-refractivity contribution in [3.05, 3.63) is 11.9 Å². The average Bonchev–Trinajstić information content (AvgIpc) is 2.93. The summed E-state index contributed by atoms with van der Waals surface area (Å²) in [5.41, 5.74) is 0.614. The molecule has 0 amide bonds. The fourth-order valence-corrected chi connectivity index (χ4v) is 4.60. The van der Waals surface area contributed by atoms with E-state index in [4.69, 9.17) is 5.11 Å².